The van der Waals surface area contributed by atoms with Gasteiger partial charge in [0.1, 0.15) is 28.5 Å². The summed E-state index contributed by atoms with van der Waals surface area (Å²) in [7, 11) is 0.276. The second-order valence-corrected chi connectivity index (χ2v) is 11.1. The summed E-state index contributed by atoms with van der Waals surface area (Å²) in [4.78, 5) is 17.2. The number of nitrogens with zero attached hydrogens (tertiary/aromatic N) is 7. The molecular formula is C27H28N8O5S. The van der Waals surface area contributed by atoms with Crippen LogP contribution in [-0.4, -0.2) is 69.7 Å². The Morgan fingerprint density at radius 2 is 1.54 bits per heavy atom. The molecule has 0 spiro atoms. The number of anilines is 1. The molecule has 1 N–H and O–H groups in total. The van der Waals surface area contributed by atoms with Crippen molar-refractivity contribution >= 4 is 27.0 Å². The van der Waals surface area contributed by atoms with E-state index in [0.717, 1.165) is 5.56 Å². The van der Waals surface area contributed by atoms with Gasteiger partial charge in [-0.2, -0.15) is 0 Å². The van der Waals surface area contributed by atoms with Crippen LogP contribution in [0.5, 0.6) is 11.5 Å². The van der Waals surface area contributed by atoms with Gasteiger partial charge in [-0.3, -0.25) is 19.3 Å². The molecule has 0 aliphatic carbocycles. The molecule has 5 rings (SSSR count). The van der Waals surface area contributed by atoms with E-state index in [4.69, 9.17) is 14.2 Å². The van der Waals surface area contributed by atoms with Crippen molar-refractivity contribution in [2.24, 2.45) is 0 Å². The quantitative estimate of drug-likeness (QED) is 0.259. The van der Waals surface area contributed by atoms with Gasteiger partial charge in [0.05, 0.1) is 25.3 Å². The molecule has 0 saturated carbocycles. The van der Waals surface area contributed by atoms with E-state index in [2.05, 4.69) is 34.9 Å². The lowest BCUT2D eigenvalue weighted by atomic mass is 10.1. The number of sulfonamides is 1. The van der Waals surface area contributed by atoms with Crippen molar-refractivity contribution in [3.8, 4) is 28.6 Å². The van der Waals surface area contributed by atoms with Gasteiger partial charge >= 0.3 is 0 Å². The summed E-state index contributed by atoms with van der Waals surface area (Å²) >= 11 is 0. The summed E-state index contributed by atoms with van der Waals surface area (Å²) in [6, 6.07) is 10.6. The van der Waals surface area contributed by atoms with Crippen LogP contribution in [0.25, 0.3) is 28.1 Å². The van der Waals surface area contributed by atoms with Gasteiger partial charge in [0, 0.05) is 37.5 Å². The van der Waals surface area contributed by atoms with E-state index in [0.29, 0.717) is 39.6 Å². The first-order valence-corrected chi connectivity index (χ1v) is 14.0. The van der Waals surface area contributed by atoms with Gasteiger partial charge in [-0.15, -0.1) is 10.2 Å². The van der Waals surface area contributed by atoms with E-state index in [9.17, 15) is 8.42 Å². The molecule has 0 aliphatic heterocycles. The van der Waals surface area contributed by atoms with Gasteiger partial charge in [-0.1, -0.05) is 6.07 Å². The van der Waals surface area contributed by atoms with Crippen LogP contribution in [0.1, 0.15) is 24.4 Å². The van der Waals surface area contributed by atoms with Gasteiger partial charge in [-0.05, 0) is 49.7 Å². The Morgan fingerprint density at radius 3 is 2.17 bits per heavy atom. The van der Waals surface area contributed by atoms with E-state index in [1.165, 1.54) is 32.8 Å². The Morgan fingerprint density at radius 1 is 0.878 bits per heavy atom. The topological polar surface area (TPSA) is 156 Å². The highest BCUT2D eigenvalue weighted by atomic mass is 32.2. The predicted molar refractivity (Wildman–Crippen MR) is 152 cm³/mol. The molecule has 13 nitrogen and oxygen atoms in total. The number of nitrogens with one attached hydrogen (secondary N) is 1. The number of rotatable bonds is 10. The van der Waals surface area contributed by atoms with Crippen molar-refractivity contribution in [3.05, 3.63) is 72.6 Å². The minimum atomic E-state index is -4.14. The molecule has 41 heavy (non-hydrogen) atoms. The molecule has 2 atom stereocenters. The minimum absolute atomic E-state index is 0.0893. The van der Waals surface area contributed by atoms with Crippen LogP contribution >= 0.6 is 0 Å². The van der Waals surface area contributed by atoms with Crippen LogP contribution in [0.4, 0.5) is 5.95 Å². The van der Waals surface area contributed by atoms with Crippen molar-refractivity contribution in [2.45, 2.75) is 25.2 Å². The van der Waals surface area contributed by atoms with Gasteiger partial charge in [0.15, 0.2) is 11.6 Å². The molecule has 0 bridgehead atoms. The Balaban J connectivity index is 1.64. The molecule has 5 aromatic rings. The molecule has 3 heterocycles. The number of aryl methyl sites for hydroxylation is 1. The average Bonchev–Trinajstić information content (AvgIpc) is 3.39. The van der Waals surface area contributed by atoms with E-state index in [-0.39, 0.29) is 11.8 Å². The number of para-hydroxylation sites is 1. The van der Waals surface area contributed by atoms with Crippen molar-refractivity contribution in [2.75, 3.05) is 26.1 Å². The van der Waals surface area contributed by atoms with Gasteiger partial charge in [0.25, 0.3) is 0 Å². The molecule has 2 aromatic carbocycles. The standard InChI is InChI=1S/C27H28N8O5S/c1-16-14-30-25(31-15-16)24(40-5)17(2)41(36,37)34-27-33-32-26(18-9-10-19-20(13-18)29-12-11-28-19)35(27)23-21(38-3)7-6-8-22(23)39-4/h6-15,17,24H,1-5H3,(H,33,34)/t17-,24-/m0/s1. The SMILES string of the molecule is COc1cccc(OC)c1-n1c(NS(=O)(=O)[C@@H](C)[C@H](OC)c2ncc(C)cn2)nnc1-c1ccc2nccnc2c1. The third-order valence-electron chi connectivity index (χ3n) is 6.47. The van der Waals surface area contributed by atoms with E-state index in [1.54, 1.807) is 61.2 Å². The fourth-order valence-corrected chi connectivity index (χ4v) is 5.47. The first-order valence-electron chi connectivity index (χ1n) is 12.5. The number of aromatic nitrogens is 7. The third kappa shape index (κ3) is 5.38. The van der Waals surface area contributed by atoms with E-state index >= 15 is 0 Å². The predicted octanol–water partition coefficient (Wildman–Crippen LogP) is 3.51. The summed E-state index contributed by atoms with van der Waals surface area (Å²) in [6.45, 7) is 3.35. The molecule has 0 unspecified atom stereocenters. The zero-order valence-electron chi connectivity index (χ0n) is 23.0. The lowest BCUT2D eigenvalue weighted by molar-refractivity contribution is 0.0949. The van der Waals surface area contributed by atoms with Crippen molar-refractivity contribution in [1.82, 2.24) is 34.7 Å². The molecule has 14 heteroatoms. The smallest absolute Gasteiger partial charge is 0.243 e. The third-order valence-corrected chi connectivity index (χ3v) is 8.17. The highest BCUT2D eigenvalue weighted by molar-refractivity contribution is 7.93. The lowest BCUT2D eigenvalue weighted by Gasteiger charge is -2.23. The van der Waals surface area contributed by atoms with Crippen molar-refractivity contribution in [3.63, 3.8) is 0 Å². The summed E-state index contributed by atoms with van der Waals surface area (Å²) in [6.07, 6.45) is 5.44. The number of ether oxygens (including phenoxy) is 3. The molecule has 0 fully saturated rings. The van der Waals surface area contributed by atoms with Crippen LogP contribution in [0.3, 0.4) is 0 Å². The first kappa shape index (κ1) is 27.9. The second-order valence-electron chi connectivity index (χ2n) is 9.08. The fourth-order valence-electron chi connectivity index (χ4n) is 4.34. The maximum atomic E-state index is 13.7. The summed E-state index contributed by atoms with van der Waals surface area (Å²) < 4.78 is 48.4. The summed E-state index contributed by atoms with van der Waals surface area (Å²) in [5.41, 5.74) is 3.16. The molecular weight excluding hydrogens is 548 g/mol. The molecule has 212 valence electrons. The largest absolute Gasteiger partial charge is 0.494 e. The van der Waals surface area contributed by atoms with Crippen LogP contribution < -0.4 is 14.2 Å². The number of hydrogen-bond acceptors (Lipinski definition) is 11. The Hall–Kier alpha value is -4.69. The molecule has 0 saturated heterocycles. The van der Waals surface area contributed by atoms with E-state index in [1.807, 2.05) is 6.92 Å². The van der Waals surface area contributed by atoms with Crippen LogP contribution in [0.15, 0.2) is 61.2 Å². The number of benzene rings is 2. The Labute approximate surface area is 236 Å². The zero-order chi connectivity index (χ0) is 29.1. The number of hydrogen-bond donors (Lipinski definition) is 1. The Bertz CT molecular complexity index is 1770. The zero-order valence-corrected chi connectivity index (χ0v) is 23.8. The highest BCUT2D eigenvalue weighted by Gasteiger charge is 2.35. The normalized spacial score (nSPS) is 13.1. The van der Waals surface area contributed by atoms with Gasteiger partial charge in [-0.25, -0.2) is 18.4 Å². The second kappa shape index (κ2) is 11.4. The van der Waals surface area contributed by atoms with Crippen molar-refractivity contribution < 1.29 is 22.6 Å². The van der Waals surface area contributed by atoms with Crippen LogP contribution in [0, 0.1) is 6.92 Å². The molecule has 3 aromatic heterocycles. The highest BCUT2D eigenvalue weighted by Crippen LogP contribution is 2.38. The van der Waals surface area contributed by atoms with Gasteiger partial charge in [0.2, 0.25) is 16.0 Å². The Kier molecular flexibility index (Phi) is 7.77. The average molecular weight is 577 g/mol. The number of fused-ring (bicyclic) bond motifs is 1. The maximum Gasteiger partial charge on any atom is 0.243 e. The minimum Gasteiger partial charge on any atom is -0.494 e. The van der Waals surface area contributed by atoms with E-state index < -0.39 is 21.4 Å². The first-order chi connectivity index (χ1) is 19.8. The van der Waals surface area contributed by atoms with Crippen LogP contribution in [-0.2, 0) is 14.8 Å². The van der Waals surface area contributed by atoms with Crippen molar-refractivity contribution in [1.29, 1.82) is 0 Å². The van der Waals surface area contributed by atoms with Gasteiger partial charge < -0.3 is 14.2 Å². The van der Waals surface area contributed by atoms with Crippen LogP contribution in [0.2, 0.25) is 0 Å². The fraction of sp³-hybridized carbons (Fsp3) is 0.259. The molecule has 0 aliphatic rings. The maximum absolute atomic E-state index is 13.7. The number of methoxy groups -OCH3 is 3. The summed E-state index contributed by atoms with van der Waals surface area (Å²) in [5.74, 6) is 1.27. The lowest BCUT2D eigenvalue weighted by Crippen LogP contribution is -2.33. The monoisotopic (exact) mass is 576 g/mol. The summed E-state index contributed by atoms with van der Waals surface area (Å²) in [5, 5.41) is 7.50. The molecule has 0 radical (unpaired) electrons. The molecule has 0 amide bonds.